The van der Waals surface area contributed by atoms with Crippen molar-refractivity contribution in [2.45, 2.75) is 32.2 Å². The second kappa shape index (κ2) is 7.88. The molecule has 1 N–H and O–H groups in total. The first-order valence-corrected chi connectivity index (χ1v) is 8.78. The summed E-state index contributed by atoms with van der Waals surface area (Å²) in [6.45, 7) is 2.01. The lowest BCUT2D eigenvalue weighted by Gasteiger charge is -2.13. The number of carbonyl (C=O) groups is 1. The Bertz CT molecular complexity index is 769. The first-order chi connectivity index (χ1) is 11.7. The quantitative estimate of drug-likeness (QED) is 0.714. The number of benzene rings is 1. The summed E-state index contributed by atoms with van der Waals surface area (Å²) in [7, 11) is 0. The summed E-state index contributed by atoms with van der Waals surface area (Å²) in [6, 6.07) is 14.2. The lowest BCUT2D eigenvalue weighted by atomic mass is 10.1. The van der Waals surface area contributed by atoms with Crippen LogP contribution in [0.1, 0.15) is 24.8 Å². The molecule has 124 valence electrons. The third kappa shape index (κ3) is 4.52. The van der Waals surface area contributed by atoms with E-state index in [4.69, 9.17) is 4.42 Å². The number of rotatable bonds is 7. The van der Waals surface area contributed by atoms with Gasteiger partial charge >= 0.3 is 0 Å². The fourth-order valence-corrected chi connectivity index (χ4v) is 3.03. The lowest BCUT2D eigenvalue weighted by Crippen LogP contribution is -2.34. The maximum Gasteiger partial charge on any atom is 0.257 e. The number of hydrogen-bond acceptors (Lipinski definition) is 5. The van der Waals surface area contributed by atoms with Gasteiger partial charge in [-0.25, -0.2) is 0 Å². The SMILES string of the molecule is CC(CCc1ccccc1)NC(=O)Cc1nnc(-c2cccs2)o1. The molecule has 6 heteroatoms. The minimum atomic E-state index is -0.100. The predicted octanol–water partition coefficient (Wildman–Crippen LogP) is 3.48. The largest absolute Gasteiger partial charge is 0.419 e. The molecular weight excluding hydrogens is 322 g/mol. The summed E-state index contributed by atoms with van der Waals surface area (Å²) in [5.41, 5.74) is 1.27. The van der Waals surface area contributed by atoms with Crippen LogP contribution in [0.5, 0.6) is 0 Å². The zero-order chi connectivity index (χ0) is 16.8. The molecule has 2 aromatic heterocycles. The maximum atomic E-state index is 12.1. The van der Waals surface area contributed by atoms with E-state index in [9.17, 15) is 4.79 Å². The van der Waals surface area contributed by atoms with Crippen molar-refractivity contribution in [1.29, 1.82) is 0 Å². The topological polar surface area (TPSA) is 68.0 Å². The van der Waals surface area contributed by atoms with Crippen molar-refractivity contribution in [3.8, 4) is 10.8 Å². The molecule has 0 spiro atoms. The number of amides is 1. The van der Waals surface area contributed by atoms with Gasteiger partial charge in [0.1, 0.15) is 6.42 Å². The summed E-state index contributed by atoms with van der Waals surface area (Å²) in [5, 5.41) is 12.8. The van der Waals surface area contributed by atoms with Crippen LogP contribution in [-0.4, -0.2) is 22.1 Å². The van der Waals surface area contributed by atoms with Gasteiger partial charge in [0.25, 0.3) is 5.89 Å². The summed E-state index contributed by atoms with van der Waals surface area (Å²) in [4.78, 5) is 13.0. The zero-order valence-electron chi connectivity index (χ0n) is 13.4. The summed E-state index contributed by atoms with van der Waals surface area (Å²) in [5.74, 6) is 0.702. The molecule has 2 heterocycles. The molecule has 0 aliphatic carbocycles. The minimum absolute atomic E-state index is 0.0948. The molecule has 3 aromatic rings. The van der Waals surface area contributed by atoms with E-state index in [0.29, 0.717) is 11.8 Å². The molecule has 0 saturated heterocycles. The van der Waals surface area contributed by atoms with Crippen molar-refractivity contribution in [2.24, 2.45) is 0 Å². The number of nitrogens with one attached hydrogen (secondary N) is 1. The number of hydrogen-bond donors (Lipinski definition) is 1. The molecular formula is C18H19N3O2S. The minimum Gasteiger partial charge on any atom is -0.419 e. The molecule has 0 aliphatic heterocycles. The Morgan fingerprint density at radius 2 is 2.04 bits per heavy atom. The van der Waals surface area contributed by atoms with Crippen molar-refractivity contribution >= 4 is 17.2 Å². The van der Waals surface area contributed by atoms with Crippen molar-refractivity contribution in [3.63, 3.8) is 0 Å². The highest BCUT2D eigenvalue weighted by Gasteiger charge is 2.14. The van der Waals surface area contributed by atoms with Crippen LogP contribution in [0.25, 0.3) is 10.8 Å². The highest BCUT2D eigenvalue weighted by atomic mass is 32.1. The second-order valence-corrected chi connectivity index (χ2v) is 6.60. The first kappa shape index (κ1) is 16.4. The fourth-order valence-electron chi connectivity index (χ4n) is 2.39. The van der Waals surface area contributed by atoms with E-state index >= 15 is 0 Å². The third-order valence-corrected chi connectivity index (χ3v) is 4.48. The van der Waals surface area contributed by atoms with Gasteiger partial charge < -0.3 is 9.73 Å². The number of aryl methyl sites for hydroxylation is 1. The van der Waals surface area contributed by atoms with Crippen LogP contribution in [0.4, 0.5) is 0 Å². The van der Waals surface area contributed by atoms with Crippen LogP contribution in [-0.2, 0) is 17.6 Å². The number of nitrogens with zero attached hydrogens (tertiary/aromatic N) is 2. The lowest BCUT2D eigenvalue weighted by molar-refractivity contribution is -0.121. The summed E-state index contributed by atoms with van der Waals surface area (Å²) >= 11 is 1.53. The van der Waals surface area contributed by atoms with Crippen LogP contribution in [0.2, 0.25) is 0 Å². The molecule has 1 amide bonds. The zero-order valence-corrected chi connectivity index (χ0v) is 14.3. The predicted molar refractivity (Wildman–Crippen MR) is 93.7 cm³/mol. The highest BCUT2D eigenvalue weighted by molar-refractivity contribution is 7.13. The van der Waals surface area contributed by atoms with E-state index in [-0.39, 0.29) is 18.4 Å². The molecule has 0 radical (unpaired) electrons. The van der Waals surface area contributed by atoms with Gasteiger partial charge in [-0.2, -0.15) is 0 Å². The Morgan fingerprint density at radius 1 is 1.21 bits per heavy atom. The third-order valence-electron chi connectivity index (χ3n) is 3.63. The molecule has 3 rings (SSSR count). The van der Waals surface area contributed by atoms with Crippen LogP contribution in [0.15, 0.2) is 52.3 Å². The highest BCUT2D eigenvalue weighted by Crippen LogP contribution is 2.22. The molecule has 0 fully saturated rings. The van der Waals surface area contributed by atoms with Crippen LogP contribution in [0, 0.1) is 0 Å². The van der Waals surface area contributed by atoms with Gasteiger partial charge in [0.2, 0.25) is 11.8 Å². The van der Waals surface area contributed by atoms with Gasteiger partial charge in [0, 0.05) is 6.04 Å². The van der Waals surface area contributed by atoms with Gasteiger partial charge in [0.05, 0.1) is 4.88 Å². The smallest absolute Gasteiger partial charge is 0.257 e. The molecule has 24 heavy (non-hydrogen) atoms. The average Bonchev–Trinajstić information content (AvgIpc) is 3.25. The van der Waals surface area contributed by atoms with Crippen molar-refractivity contribution < 1.29 is 9.21 Å². The van der Waals surface area contributed by atoms with Gasteiger partial charge in [-0.05, 0) is 36.8 Å². The fraction of sp³-hybridized carbons (Fsp3) is 0.278. The molecule has 0 saturated carbocycles. The second-order valence-electron chi connectivity index (χ2n) is 5.65. The molecule has 5 nitrogen and oxygen atoms in total. The standard InChI is InChI=1S/C18H19N3O2S/c1-13(9-10-14-6-3-2-4-7-14)19-16(22)12-17-20-21-18(23-17)15-8-5-11-24-15/h2-8,11,13H,9-10,12H2,1H3,(H,19,22). The molecule has 1 aromatic carbocycles. The average molecular weight is 341 g/mol. The van der Waals surface area contributed by atoms with E-state index < -0.39 is 0 Å². The van der Waals surface area contributed by atoms with Gasteiger partial charge in [-0.1, -0.05) is 36.4 Å². The van der Waals surface area contributed by atoms with Crippen molar-refractivity contribution in [1.82, 2.24) is 15.5 Å². The van der Waals surface area contributed by atoms with Crippen LogP contribution in [0.3, 0.4) is 0 Å². The Labute approximate surface area is 144 Å². The Kier molecular flexibility index (Phi) is 5.38. The summed E-state index contributed by atoms with van der Waals surface area (Å²) in [6.07, 6.45) is 1.93. The van der Waals surface area contributed by atoms with E-state index in [1.54, 1.807) is 0 Å². The molecule has 0 aliphatic rings. The molecule has 0 bridgehead atoms. The Balaban J connectivity index is 1.47. The monoisotopic (exact) mass is 341 g/mol. The number of carbonyl (C=O) groups excluding carboxylic acids is 1. The van der Waals surface area contributed by atoms with E-state index in [2.05, 4.69) is 27.6 Å². The Hall–Kier alpha value is -2.47. The molecule has 1 unspecified atom stereocenters. The van der Waals surface area contributed by atoms with Gasteiger partial charge in [-0.15, -0.1) is 21.5 Å². The van der Waals surface area contributed by atoms with Gasteiger partial charge in [0.15, 0.2) is 0 Å². The van der Waals surface area contributed by atoms with Crippen molar-refractivity contribution in [3.05, 3.63) is 59.3 Å². The van der Waals surface area contributed by atoms with Crippen molar-refractivity contribution in [2.75, 3.05) is 0 Å². The van der Waals surface area contributed by atoms with E-state index in [0.717, 1.165) is 17.7 Å². The van der Waals surface area contributed by atoms with E-state index in [1.807, 2.05) is 42.6 Å². The normalized spacial score (nSPS) is 12.0. The van der Waals surface area contributed by atoms with E-state index in [1.165, 1.54) is 16.9 Å². The number of aromatic nitrogens is 2. The van der Waals surface area contributed by atoms with Gasteiger partial charge in [-0.3, -0.25) is 4.79 Å². The molecule has 1 atom stereocenters. The van der Waals surface area contributed by atoms with Crippen LogP contribution < -0.4 is 5.32 Å². The Morgan fingerprint density at radius 3 is 2.79 bits per heavy atom. The first-order valence-electron chi connectivity index (χ1n) is 7.90. The number of thiophene rings is 1. The summed E-state index contributed by atoms with van der Waals surface area (Å²) < 4.78 is 5.54. The van der Waals surface area contributed by atoms with Crippen LogP contribution >= 0.6 is 11.3 Å². The maximum absolute atomic E-state index is 12.1.